The predicted octanol–water partition coefficient (Wildman–Crippen LogP) is 3.12. The zero-order chi connectivity index (χ0) is 10.4. The molecule has 1 N–H and O–H groups in total. The number of hydrogen-bond acceptors (Lipinski definition) is 1. The molecule has 1 saturated carbocycles. The summed E-state index contributed by atoms with van der Waals surface area (Å²) in [6, 6.07) is 0. The minimum Gasteiger partial charge on any atom is -0.390 e. The average Bonchev–Trinajstić information content (AvgIpc) is 2.18. The van der Waals surface area contributed by atoms with Gasteiger partial charge in [-0.3, -0.25) is 0 Å². The van der Waals surface area contributed by atoms with Gasteiger partial charge in [0.2, 0.25) is 0 Å². The van der Waals surface area contributed by atoms with Crippen molar-refractivity contribution in [1.82, 2.24) is 0 Å². The molecule has 0 aliphatic heterocycles. The quantitative estimate of drug-likeness (QED) is 0.538. The highest BCUT2D eigenvalue weighted by Crippen LogP contribution is 2.37. The molecule has 2 atom stereocenters. The second kappa shape index (κ2) is 5.41. The first-order chi connectivity index (χ1) is 6.70. The molecule has 0 bridgehead atoms. The molecular formula is C13H22O. The van der Waals surface area contributed by atoms with Crippen LogP contribution in [0.15, 0.2) is 0 Å². The first-order valence-corrected chi connectivity index (χ1v) is 5.86. The third-order valence-corrected chi connectivity index (χ3v) is 3.46. The summed E-state index contributed by atoms with van der Waals surface area (Å²) in [7, 11) is 0. The van der Waals surface area contributed by atoms with Crippen LogP contribution in [0.4, 0.5) is 0 Å². The van der Waals surface area contributed by atoms with Gasteiger partial charge in [0.15, 0.2) is 0 Å². The molecule has 1 nitrogen and oxygen atoms in total. The molecule has 0 aromatic rings. The SMILES string of the molecule is C#CCCCC1(O)CCCC(CC)C1. The zero-order valence-corrected chi connectivity index (χ0v) is 9.26. The standard InChI is InChI=1S/C13H22O/c1-3-5-6-9-13(14)10-7-8-12(4-2)11-13/h1,12,14H,4-11H2,2H3. The third kappa shape index (κ3) is 3.35. The number of aliphatic hydroxyl groups is 1. The first kappa shape index (κ1) is 11.6. The molecule has 0 aromatic carbocycles. The Labute approximate surface area is 87.9 Å². The maximum absolute atomic E-state index is 10.3. The van der Waals surface area contributed by atoms with Crippen molar-refractivity contribution in [2.45, 2.75) is 63.9 Å². The fourth-order valence-electron chi connectivity index (χ4n) is 2.56. The molecule has 1 heteroatoms. The molecule has 14 heavy (non-hydrogen) atoms. The largest absolute Gasteiger partial charge is 0.390 e. The molecule has 1 rings (SSSR count). The number of unbranched alkanes of at least 4 members (excludes halogenated alkanes) is 1. The van der Waals surface area contributed by atoms with Crippen LogP contribution in [-0.2, 0) is 0 Å². The topological polar surface area (TPSA) is 20.2 Å². The minimum atomic E-state index is -0.393. The Bertz CT molecular complexity index is 204. The average molecular weight is 194 g/mol. The Balaban J connectivity index is 2.35. The minimum absolute atomic E-state index is 0.393. The van der Waals surface area contributed by atoms with Gasteiger partial charge >= 0.3 is 0 Å². The van der Waals surface area contributed by atoms with E-state index in [1.807, 2.05) is 0 Å². The highest BCUT2D eigenvalue weighted by molar-refractivity contribution is 4.89. The van der Waals surface area contributed by atoms with E-state index in [1.54, 1.807) is 0 Å². The Morgan fingerprint density at radius 1 is 1.57 bits per heavy atom. The van der Waals surface area contributed by atoms with E-state index >= 15 is 0 Å². The summed E-state index contributed by atoms with van der Waals surface area (Å²) in [6.07, 6.45) is 13.6. The van der Waals surface area contributed by atoms with Crippen molar-refractivity contribution < 1.29 is 5.11 Å². The van der Waals surface area contributed by atoms with Gasteiger partial charge in [0, 0.05) is 6.42 Å². The number of rotatable bonds is 4. The summed E-state index contributed by atoms with van der Waals surface area (Å²) in [5.74, 6) is 3.37. The summed E-state index contributed by atoms with van der Waals surface area (Å²) in [4.78, 5) is 0. The molecule has 0 saturated heterocycles. The lowest BCUT2D eigenvalue weighted by Crippen LogP contribution is -2.35. The number of hydrogen-bond donors (Lipinski definition) is 1. The third-order valence-electron chi connectivity index (χ3n) is 3.46. The highest BCUT2D eigenvalue weighted by atomic mass is 16.3. The van der Waals surface area contributed by atoms with Crippen LogP contribution in [0, 0.1) is 18.3 Å². The van der Waals surface area contributed by atoms with Gasteiger partial charge in [-0.05, 0) is 31.6 Å². The molecule has 0 heterocycles. The van der Waals surface area contributed by atoms with E-state index in [0.29, 0.717) is 0 Å². The van der Waals surface area contributed by atoms with Crippen molar-refractivity contribution in [3.8, 4) is 12.3 Å². The van der Waals surface area contributed by atoms with Crippen LogP contribution in [0.5, 0.6) is 0 Å². The van der Waals surface area contributed by atoms with Crippen LogP contribution in [-0.4, -0.2) is 10.7 Å². The maximum atomic E-state index is 10.3. The molecule has 80 valence electrons. The Hall–Kier alpha value is -0.480. The Morgan fingerprint density at radius 3 is 3.00 bits per heavy atom. The van der Waals surface area contributed by atoms with Gasteiger partial charge < -0.3 is 5.11 Å². The molecule has 1 fully saturated rings. The molecular weight excluding hydrogens is 172 g/mol. The molecule has 0 radical (unpaired) electrons. The van der Waals surface area contributed by atoms with Gasteiger partial charge in [0.25, 0.3) is 0 Å². The van der Waals surface area contributed by atoms with Gasteiger partial charge in [-0.25, -0.2) is 0 Å². The summed E-state index contributed by atoms with van der Waals surface area (Å²) in [5.41, 5.74) is -0.393. The van der Waals surface area contributed by atoms with E-state index in [-0.39, 0.29) is 0 Å². The van der Waals surface area contributed by atoms with E-state index in [4.69, 9.17) is 6.42 Å². The molecule has 2 unspecified atom stereocenters. The van der Waals surface area contributed by atoms with Crippen LogP contribution in [0.2, 0.25) is 0 Å². The normalized spacial score (nSPS) is 32.5. The van der Waals surface area contributed by atoms with Gasteiger partial charge in [-0.1, -0.05) is 26.2 Å². The van der Waals surface area contributed by atoms with E-state index in [0.717, 1.165) is 38.0 Å². The lowest BCUT2D eigenvalue weighted by molar-refractivity contribution is -0.0248. The highest BCUT2D eigenvalue weighted by Gasteiger charge is 2.32. The van der Waals surface area contributed by atoms with Crippen LogP contribution in [0.3, 0.4) is 0 Å². The van der Waals surface area contributed by atoms with Crippen LogP contribution >= 0.6 is 0 Å². The lowest BCUT2D eigenvalue weighted by atomic mass is 9.75. The van der Waals surface area contributed by atoms with E-state index in [9.17, 15) is 5.11 Å². The van der Waals surface area contributed by atoms with Crippen molar-refractivity contribution in [1.29, 1.82) is 0 Å². The van der Waals surface area contributed by atoms with Crippen LogP contribution in [0.25, 0.3) is 0 Å². The van der Waals surface area contributed by atoms with Crippen LogP contribution in [0.1, 0.15) is 58.3 Å². The van der Waals surface area contributed by atoms with E-state index < -0.39 is 5.60 Å². The fraction of sp³-hybridized carbons (Fsp3) is 0.846. The molecule has 0 amide bonds. The Kier molecular flexibility index (Phi) is 4.48. The van der Waals surface area contributed by atoms with Gasteiger partial charge in [0.1, 0.15) is 0 Å². The zero-order valence-electron chi connectivity index (χ0n) is 9.26. The van der Waals surface area contributed by atoms with Crippen molar-refractivity contribution in [3.63, 3.8) is 0 Å². The lowest BCUT2D eigenvalue weighted by Gasteiger charge is -2.36. The first-order valence-electron chi connectivity index (χ1n) is 5.86. The van der Waals surface area contributed by atoms with Crippen molar-refractivity contribution in [2.75, 3.05) is 0 Å². The second-order valence-corrected chi connectivity index (χ2v) is 4.65. The predicted molar refractivity (Wildman–Crippen MR) is 59.9 cm³/mol. The summed E-state index contributed by atoms with van der Waals surface area (Å²) < 4.78 is 0. The molecule has 1 aliphatic carbocycles. The second-order valence-electron chi connectivity index (χ2n) is 4.65. The summed E-state index contributed by atoms with van der Waals surface area (Å²) in [6.45, 7) is 2.22. The van der Waals surface area contributed by atoms with Gasteiger partial charge in [-0.15, -0.1) is 12.3 Å². The van der Waals surface area contributed by atoms with E-state index in [1.165, 1.54) is 19.3 Å². The molecule has 0 aromatic heterocycles. The van der Waals surface area contributed by atoms with Crippen molar-refractivity contribution >= 4 is 0 Å². The monoisotopic (exact) mass is 194 g/mol. The van der Waals surface area contributed by atoms with Crippen molar-refractivity contribution in [2.24, 2.45) is 5.92 Å². The smallest absolute Gasteiger partial charge is 0.0650 e. The van der Waals surface area contributed by atoms with Gasteiger partial charge in [-0.2, -0.15) is 0 Å². The maximum Gasteiger partial charge on any atom is 0.0650 e. The molecule has 0 spiro atoms. The number of terminal acetylenes is 1. The van der Waals surface area contributed by atoms with Gasteiger partial charge in [0.05, 0.1) is 5.60 Å². The summed E-state index contributed by atoms with van der Waals surface area (Å²) >= 11 is 0. The van der Waals surface area contributed by atoms with E-state index in [2.05, 4.69) is 12.8 Å². The summed E-state index contributed by atoms with van der Waals surface area (Å²) in [5, 5.41) is 10.3. The van der Waals surface area contributed by atoms with Crippen molar-refractivity contribution in [3.05, 3.63) is 0 Å². The Morgan fingerprint density at radius 2 is 2.36 bits per heavy atom. The fourth-order valence-corrected chi connectivity index (χ4v) is 2.56. The van der Waals surface area contributed by atoms with Crippen LogP contribution < -0.4 is 0 Å². The molecule has 1 aliphatic rings.